The summed E-state index contributed by atoms with van der Waals surface area (Å²) in [4.78, 5) is 0. The number of aryl methyl sites for hydroxylation is 1. The molecule has 0 aliphatic carbocycles. The fourth-order valence-corrected chi connectivity index (χ4v) is 1.99. The molecule has 0 radical (unpaired) electrons. The summed E-state index contributed by atoms with van der Waals surface area (Å²) in [6.07, 6.45) is 0. The van der Waals surface area contributed by atoms with Crippen LogP contribution in [0.2, 0.25) is 0 Å². The standard InChI is InChI=1S/C16H18FNO/c1-12-4-3-5-14(10-18-2)16(12)19-11-13-6-8-15(17)9-7-13/h3-9,18H,10-11H2,1-2H3. The van der Waals surface area contributed by atoms with Crippen LogP contribution in [0.3, 0.4) is 0 Å². The maximum absolute atomic E-state index is 12.8. The molecule has 0 heterocycles. The van der Waals surface area contributed by atoms with Gasteiger partial charge in [-0.2, -0.15) is 0 Å². The summed E-state index contributed by atoms with van der Waals surface area (Å²) >= 11 is 0. The van der Waals surface area contributed by atoms with Crippen molar-refractivity contribution in [2.75, 3.05) is 7.05 Å². The number of hydrogen-bond acceptors (Lipinski definition) is 2. The van der Waals surface area contributed by atoms with Gasteiger partial charge in [-0.3, -0.25) is 0 Å². The van der Waals surface area contributed by atoms with E-state index in [-0.39, 0.29) is 5.82 Å². The van der Waals surface area contributed by atoms with Gasteiger partial charge in [0.2, 0.25) is 0 Å². The van der Waals surface area contributed by atoms with E-state index in [2.05, 4.69) is 5.32 Å². The minimum atomic E-state index is -0.226. The maximum atomic E-state index is 12.8. The van der Waals surface area contributed by atoms with E-state index in [0.717, 1.165) is 29.0 Å². The SMILES string of the molecule is CNCc1cccc(C)c1OCc1ccc(F)cc1. The van der Waals surface area contributed by atoms with E-state index in [1.54, 1.807) is 12.1 Å². The number of benzene rings is 2. The fraction of sp³-hybridized carbons (Fsp3) is 0.250. The molecule has 0 aliphatic rings. The predicted octanol–water partition coefficient (Wildman–Crippen LogP) is 3.43. The Balaban J connectivity index is 2.12. The molecule has 2 rings (SSSR count). The Labute approximate surface area is 113 Å². The Hall–Kier alpha value is -1.87. The van der Waals surface area contributed by atoms with Crippen LogP contribution in [0.25, 0.3) is 0 Å². The smallest absolute Gasteiger partial charge is 0.127 e. The van der Waals surface area contributed by atoms with E-state index in [1.165, 1.54) is 12.1 Å². The molecule has 0 saturated carbocycles. The van der Waals surface area contributed by atoms with Crippen molar-refractivity contribution in [2.24, 2.45) is 0 Å². The van der Waals surface area contributed by atoms with Crippen molar-refractivity contribution in [1.82, 2.24) is 5.32 Å². The molecule has 0 aromatic heterocycles. The highest BCUT2D eigenvalue weighted by atomic mass is 19.1. The van der Waals surface area contributed by atoms with Gasteiger partial charge in [0.15, 0.2) is 0 Å². The van der Waals surface area contributed by atoms with Gasteiger partial charge in [0, 0.05) is 12.1 Å². The van der Waals surface area contributed by atoms with Gasteiger partial charge in [-0.1, -0.05) is 30.3 Å². The summed E-state index contributed by atoms with van der Waals surface area (Å²) in [6.45, 7) is 3.24. The molecule has 1 N–H and O–H groups in total. The summed E-state index contributed by atoms with van der Waals surface area (Å²) in [5.74, 6) is 0.677. The lowest BCUT2D eigenvalue weighted by Gasteiger charge is -2.14. The van der Waals surface area contributed by atoms with Gasteiger partial charge in [0.25, 0.3) is 0 Å². The third kappa shape index (κ3) is 3.55. The van der Waals surface area contributed by atoms with Crippen LogP contribution in [-0.4, -0.2) is 7.05 Å². The van der Waals surface area contributed by atoms with Gasteiger partial charge in [-0.05, 0) is 37.2 Å². The molecule has 0 amide bonds. The van der Waals surface area contributed by atoms with Crippen LogP contribution in [0.5, 0.6) is 5.75 Å². The van der Waals surface area contributed by atoms with Crippen molar-refractivity contribution in [3.63, 3.8) is 0 Å². The summed E-state index contributed by atoms with van der Waals surface area (Å²) < 4.78 is 18.7. The largest absolute Gasteiger partial charge is 0.488 e. The van der Waals surface area contributed by atoms with Crippen LogP contribution in [0, 0.1) is 12.7 Å². The van der Waals surface area contributed by atoms with Gasteiger partial charge in [-0.25, -0.2) is 4.39 Å². The van der Waals surface area contributed by atoms with E-state index in [4.69, 9.17) is 4.74 Å². The molecule has 0 unspecified atom stereocenters. The molecule has 0 spiro atoms. The second kappa shape index (κ2) is 6.34. The normalized spacial score (nSPS) is 10.5. The minimum Gasteiger partial charge on any atom is -0.488 e. The van der Waals surface area contributed by atoms with Gasteiger partial charge in [0.1, 0.15) is 18.2 Å². The summed E-state index contributed by atoms with van der Waals surface area (Å²) in [6, 6.07) is 12.5. The summed E-state index contributed by atoms with van der Waals surface area (Å²) in [7, 11) is 1.91. The average Bonchev–Trinajstić information content (AvgIpc) is 2.40. The molecular weight excluding hydrogens is 241 g/mol. The van der Waals surface area contributed by atoms with Crippen molar-refractivity contribution >= 4 is 0 Å². The molecule has 3 heteroatoms. The highest BCUT2D eigenvalue weighted by Crippen LogP contribution is 2.24. The molecule has 2 nitrogen and oxygen atoms in total. The maximum Gasteiger partial charge on any atom is 0.127 e. The van der Waals surface area contributed by atoms with E-state index in [0.29, 0.717) is 6.61 Å². The number of halogens is 1. The lowest BCUT2D eigenvalue weighted by atomic mass is 10.1. The lowest BCUT2D eigenvalue weighted by Crippen LogP contribution is -2.08. The quantitative estimate of drug-likeness (QED) is 0.888. The number of rotatable bonds is 5. The zero-order valence-corrected chi connectivity index (χ0v) is 11.2. The molecule has 0 aliphatic heterocycles. The third-order valence-electron chi connectivity index (χ3n) is 2.96. The molecule has 0 bridgehead atoms. The van der Waals surface area contributed by atoms with Crippen molar-refractivity contribution in [1.29, 1.82) is 0 Å². The van der Waals surface area contributed by atoms with Crippen molar-refractivity contribution < 1.29 is 9.13 Å². The van der Waals surface area contributed by atoms with Gasteiger partial charge >= 0.3 is 0 Å². The van der Waals surface area contributed by atoms with Gasteiger partial charge < -0.3 is 10.1 Å². The first-order chi connectivity index (χ1) is 9.20. The van der Waals surface area contributed by atoms with E-state index in [1.807, 2.05) is 32.2 Å². The molecular formula is C16H18FNO. The van der Waals surface area contributed by atoms with E-state index in [9.17, 15) is 4.39 Å². The van der Waals surface area contributed by atoms with E-state index >= 15 is 0 Å². The molecule has 19 heavy (non-hydrogen) atoms. The molecule has 2 aromatic rings. The zero-order chi connectivity index (χ0) is 13.7. The molecule has 100 valence electrons. The minimum absolute atomic E-state index is 0.226. The second-order valence-electron chi connectivity index (χ2n) is 4.51. The molecule has 2 aromatic carbocycles. The molecule has 0 atom stereocenters. The highest BCUT2D eigenvalue weighted by molar-refractivity contribution is 5.40. The number of ether oxygens (including phenoxy) is 1. The lowest BCUT2D eigenvalue weighted by molar-refractivity contribution is 0.300. The van der Waals surface area contributed by atoms with Gasteiger partial charge in [-0.15, -0.1) is 0 Å². The van der Waals surface area contributed by atoms with Gasteiger partial charge in [0.05, 0.1) is 0 Å². The van der Waals surface area contributed by atoms with Crippen LogP contribution in [-0.2, 0) is 13.2 Å². The Morgan fingerprint density at radius 1 is 1.11 bits per heavy atom. The Morgan fingerprint density at radius 2 is 1.84 bits per heavy atom. The predicted molar refractivity (Wildman–Crippen MR) is 74.7 cm³/mol. The monoisotopic (exact) mass is 259 g/mol. The van der Waals surface area contributed by atoms with Crippen molar-refractivity contribution in [2.45, 2.75) is 20.1 Å². The first kappa shape index (κ1) is 13.6. The molecule has 0 saturated heterocycles. The summed E-state index contributed by atoms with van der Waals surface area (Å²) in [5, 5.41) is 3.13. The zero-order valence-electron chi connectivity index (χ0n) is 11.2. The summed E-state index contributed by atoms with van der Waals surface area (Å²) in [5.41, 5.74) is 3.19. The van der Waals surface area contributed by atoms with Crippen molar-refractivity contribution in [3.8, 4) is 5.75 Å². The Kier molecular flexibility index (Phi) is 4.53. The number of hydrogen-bond donors (Lipinski definition) is 1. The van der Waals surface area contributed by atoms with Crippen LogP contribution >= 0.6 is 0 Å². The average molecular weight is 259 g/mol. The van der Waals surface area contributed by atoms with Crippen LogP contribution in [0.4, 0.5) is 4.39 Å². The van der Waals surface area contributed by atoms with Crippen molar-refractivity contribution in [3.05, 3.63) is 65.0 Å². The van der Waals surface area contributed by atoms with Crippen LogP contribution in [0.15, 0.2) is 42.5 Å². The van der Waals surface area contributed by atoms with E-state index < -0.39 is 0 Å². The van der Waals surface area contributed by atoms with Crippen LogP contribution in [0.1, 0.15) is 16.7 Å². The topological polar surface area (TPSA) is 21.3 Å². The Bertz CT molecular complexity index is 537. The Morgan fingerprint density at radius 3 is 2.53 bits per heavy atom. The number of nitrogens with one attached hydrogen (secondary N) is 1. The highest BCUT2D eigenvalue weighted by Gasteiger charge is 2.06. The third-order valence-corrected chi connectivity index (χ3v) is 2.96. The first-order valence-corrected chi connectivity index (χ1v) is 6.31. The second-order valence-corrected chi connectivity index (χ2v) is 4.51. The molecule has 0 fully saturated rings. The van der Waals surface area contributed by atoms with Crippen LogP contribution < -0.4 is 10.1 Å². The number of para-hydroxylation sites is 1. The fourth-order valence-electron chi connectivity index (χ4n) is 1.99. The first-order valence-electron chi connectivity index (χ1n) is 6.31.